The molecule has 0 heterocycles. The minimum atomic E-state index is -1.08. The van der Waals surface area contributed by atoms with Crippen LogP contribution in [0.2, 0.25) is 0 Å². The van der Waals surface area contributed by atoms with E-state index in [9.17, 15) is 0 Å². The molecule has 4 N–H and O–H groups in total. The first kappa shape index (κ1) is 36.7. The van der Waals surface area contributed by atoms with Gasteiger partial charge in [0.2, 0.25) is 0 Å². The van der Waals surface area contributed by atoms with Gasteiger partial charge in [0.15, 0.2) is 0 Å². The second-order valence-electron chi connectivity index (χ2n) is 2.54. The van der Waals surface area contributed by atoms with E-state index in [1.807, 2.05) is 0 Å². The summed E-state index contributed by atoms with van der Waals surface area (Å²) >= 11 is 0. The first-order valence-electron chi connectivity index (χ1n) is 4.95. The number of nitrogens with two attached hydrogens (primary N) is 2. The molecule has 0 atom stereocenters. The molecular weight excluding hydrogens is 395 g/mol. The summed E-state index contributed by atoms with van der Waals surface area (Å²) in [4.78, 5) is 35.6. The van der Waals surface area contributed by atoms with Crippen LogP contribution >= 0.6 is 0 Å². The monoisotopic (exact) mass is 416 g/mol. The number of aliphatic carboxylic acids is 4. The normalized spacial score (nSPS) is 6.19. The molecule has 0 spiro atoms. The Labute approximate surface area is 140 Å². The van der Waals surface area contributed by atoms with Crippen LogP contribution in [0.3, 0.4) is 0 Å². The topological polar surface area (TPSA) is 213 Å². The number of hydrogen-bond acceptors (Lipinski definition) is 10. The Morgan fingerprint density at radius 1 is 0.619 bits per heavy atom. The standard InChI is InChI=1S/C2H8N2.4C2H4O2.Sn/c3-1-2-4;4*1-2(3)4;/h1-4H2;4*1H3,(H,3,4);/q;;;;;+4/p-4. The zero-order valence-electron chi connectivity index (χ0n) is 12.3. The van der Waals surface area contributed by atoms with E-state index in [0.717, 1.165) is 27.7 Å². The zero-order chi connectivity index (χ0) is 17.7. The second-order valence-corrected chi connectivity index (χ2v) is 2.54. The third kappa shape index (κ3) is 31800. The molecule has 0 rings (SSSR count). The Balaban J connectivity index is -0.0000000331. The van der Waals surface area contributed by atoms with Crippen molar-refractivity contribution in [3.05, 3.63) is 0 Å². The molecular formula is C10H20N2O8Sn. The Hall–Kier alpha value is -1.40. The number of carbonyl (C=O) groups is 4. The van der Waals surface area contributed by atoms with Crippen molar-refractivity contribution in [2.24, 2.45) is 11.5 Å². The minimum Gasteiger partial charge on any atom is -0.550 e. The van der Waals surface area contributed by atoms with Gasteiger partial charge >= 0.3 is 23.9 Å². The molecule has 0 aromatic rings. The van der Waals surface area contributed by atoms with Gasteiger partial charge in [0.05, 0.1) is 0 Å². The molecule has 0 aliphatic carbocycles. The predicted octanol–water partition coefficient (Wildman–Crippen LogP) is -6.45. The predicted molar refractivity (Wildman–Crippen MR) is 66.6 cm³/mol. The number of carboxylic acids is 4. The van der Waals surface area contributed by atoms with Gasteiger partial charge in [0.25, 0.3) is 0 Å². The minimum absolute atomic E-state index is 0. The van der Waals surface area contributed by atoms with Crippen LogP contribution < -0.4 is 31.9 Å². The molecule has 0 aromatic heterocycles. The van der Waals surface area contributed by atoms with Crippen molar-refractivity contribution in [1.82, 2.24) is 0 Å². The summed E-state index contributed by atoms with van der Waals surface area (Å²) in [6, 6.07) is 0. The molecule has 0 unspecified atom stereocenters. The van der Waals surface area contributed by atoms with Crippen LogP contribution in [0.5, 0.6) is 0 Å². The number of hydrogen-bond donors (Lipinski definition) is 2. The quantitative estimate of drug-likeness (QED) is 0.386. The maximum Gasteiger partial charge on any atom is 4.00 e. The molecule has 0 saturated heterocycles. The van der Waals surface area contributed by atoms with Crippen LogP contribution in [-0.2, 0) is 19.2 Å². The van der Waals surface area contributed by atoms with Gasteiger partial charge in [-0.25, -0.2) is 0 Å². The van der Waals surface area contributed by atoms with E-state index in [-0.39, 0.29) is 23.9 Å². The fourth-order valence-electron chi connectivity index (χ4n) is 0. The molecule has 122 valence electrons. The molecule has 0 aromatic carbocycles. The van der Waals surface area contributed by atoms with E-state index in [2.05, 4.69) is 0 Å². The van der Waals surface area contributed by atoms with Crippen molar-refractivity contribution in [3.63, 3.8) is 0 Å². The van der Waals surface area contributed by atoms with E-state index in [1.165, 1.54) is 0 Å². The first-order valence-corrected chi connectivity index (χ1v) is 4.95. The molecule has 0 aliphatic heterocycles. The van der Waals surface area contributed by atoms with Crippen LogP contribution in [0, 0.1) is 0 Å². The van der Waals surface area contributed by atoms with Crippen molar-refractivity contribution >= 4 is 47.8 Å². The van der Waals surface area contributed by atoms with Gasteiger partial charge in [-0.2, -0.15) is 0 Å². The molecule has 21 heavy (non-hydrogen) atoms. The molecule has 11 heteroatoms. The van der Waals surface area contributed by atoms with E-state index < -0.39 is 23.9 Å². The summed E-state index contributed by atoms with van der Waals surface area (Å²) in [7, 11) is 0. The van der Waals surface area contributed by atoms with Crippen molar-refractivity contribution in [3.8, 4) is 0 Å². The van der Waals surface area contributed by atoms with Crippen molar-refractivity contribution in [1.29, 1.82) is 0 Å². The molecule has 0 bridgehead atoms. The first-order chi connectivity index (χ1) is 8.84. The van der Waals surface area contributed by atoms with Crippen molar-refractivity contribution in [2.45, 2.75) is 27.7 Å². The van der Waals surface area contributed by atoms with E-state index in [0.29, 0.717) is 13.1 Å². The van der Waals surface area contributed by atoms with E-state index in [4.69, 9.17) is 51.1 Å². The summed E-state index contributed by atoms with van der Waals surface area (Å²) in [5, 5.41) is 35.6. The van der Waals surface area contributed by atoms with Crippen LogP contribution in [0.4, 0.5) is 0 Å². The van der Waals surface area contributed by atoms with Gasteiger partial charge in [-0.1, -0.05) is 0 Å². The SMILES string of the molecule is CC(=O)[O-].CC(=O)[O-].CC(=O)[O-].CC(=O)[O-].NCCN.[Sn+4]. The van der Waals surface area contributed by atoms with Crippen LogP contribution in [0.15, 0.2) is 0 Å². The summed E-state index contributed by atoms with van der Waals surface area (Å²) in [5.41, 5.74) is 9.81. The Bertz CT molecular complexity index is 195. The number of carboxylic acid groups (broad SMARTS) is 4. The van der Waals surface area contributed by atoms with Crippen molar-refractivity contribution < 1.29 is 39.6 Å². The summed E-state index contributed by atoms with van der Waals surface area (Å²) in [6.45, 7) is 5.08. The summed E-state index contributed by atoms with van der Waals surface area (Å²) in [5.74, 6) is -4.33. The zero-order valence-corrected chi connectivity index (χ0v) is 15.2. The number of rotatable bonds is 1. The maximum absolute atomic E-state index is 8.89. The van der Waals surface area contributed by atoms with Gasteiger partial charge in [0.1, 0.15) is 0 Å². The molecule has 0 aliphatic rings. The molecule has 0 amide bonds. The van der Waals surface area contributed by atoms with Crippen LogP contribution in [-0.4, -0.2) is 60.9 Å². The molecule has 0 fully saturated rings. The largest absolute Gasteiger partial charge is 4.00 e. The second kappa shape index (κ2) is 36.3. The fraction of sp³-hybridized carbons (Fsp3) is 0.600. The summed E-state index contributed by atoms with van der Waals surface area (Å²) in [6.07, 6.45) is 0. The Morgan fingerprint density at radius 3 is 0.667 bits per heavy atom. The average molecular weight is 415 g/mol. The molecule has 0 saturated carbocycles. The third-order valence-electron chi connectivity index (χ3n) is 0.167. The van der Waals surface area contributed by atoms with Gasteiger partial charge < -0.3 is 51.1 Å². The number of carbonyl (C=O) groups excluding carboxylic acids is 4. The van der Waals surface area contributed by atoms with Crippen LogP contribution in [0.1, 0.15) is 27.7 Å². The summed E-state index contributed by atoms with van der Waals surface area (Å²) < 4.78 is 0. The van der Waals surface area contributed by atoms with Gasteiger partial charge in [0, 0.05) is 37.0 Å². The van der Waals surface area contributed by atoms with Gasteiger partial charge in [-0.3, -0.25) is 0 Å². The van der Waals surface area contributed by atoms with Crippen molar-refractivity contribution in [2.75, 3.05) is 13.1 Å². The van der Waals surface area contributed by atoms with Crippen LogP contribution in [0.25, 0.3) is 0 Å². The van der Waals surface area contributed by atoms with E-state index in [1.54, 1.807) is 0 Å². The average Bonchev–Trinajstić information content (AvgIpc) is 2.13. The van der Waals surface area contributed by atoms with Gasteiger partial charge in [-0.15, -0.1) is 0 Å². The fourth-order valence-corrected chi connectivity index (χ4v) is 0. The van der Waals surface area contributed by atoms with Gasteiger partial charge in [-0.05, 0) is 27.7 Å². The van der Waals surface area contributed by atoms with E-state index >= 15 is 0 Å². The molecule has 0 radical (unpaired) electrons. The maximum atomic E-state index is 8.89. The Kier molecular flexibility index (Phi) is 63.4. The Morgan fingerprint density at radius 2 is 0.667 bits per heavy atom. The third-order valence-corrected chi connectivity index (χ3v) is 0.167. The molecule has 10 nitrogen and oxygen atoms in total. The smallest absolute Gasteiger partial charge is 0.550 e.